The zero-order valence-electron chi connectivity index (χ0n) is 20.5. The lowest BCUT2D eigenvalue weighted by Crippen LogP contribution is -2.52. The molecule has 38 heavy (non-hydrogen) atoms. The molecule has 1 saturated heterocycles. The van der Waals surface area contributed by atoms with Crippen molar-refractivity contribution in [2.75, 3.05) is 19.3 Å². The van der Waals surface area contributed by atoms with Crippen molar-refractivity contribution in [3.8, 4) is 11.3 Å². The number of hydrogen-bond acceptors (Lipinski definition) is 5. The van der Waals surface area contributed by atoms with Crippen LogP contribution in [0.4, 0.5) is 8.78 Å². The number of halogens is 3. The third-order valence-electron chi connectivity index (χ3n) is 6.91. The van der Waals surface area contributed by atoms with Crippen molar-refractivity contribution in [2.45, 2.75) is 30.2 Å². The topological polar surface area (TPSA) is 85.2 Å². The minimum atomic E-state index is -3.40. The monoisotopic (exact) mass is 602 g/mol. The molecule has 0 saturated carbocycles. The van der Waals surface area contributed by atoms with Crippen LogP contribution < -0.4 is 0 Å². The fraction of sp³-hybridized carbons (Fsp3) is 0.296. The molecule has 1 aromatic heterocycles. The van der Waals surface area contributed by atoms with E-state index in [0.717, 1.165) is 27.1 Å². The summed E-state index contributed by atoms with van der Waals surface area (Å²) in [4.78, 5) is 14.4. The first kappa shape index (κ1) is 26.4. The van der Waals surface area contributed by atoms with Crippen LogP contribution in [0.25, 0.3) is 22.0 Å². The quantitative estimate of drug-likeness (QED) is 0.310. The Labute approximate surface area is 227 Å². The predicted octanol–water partition coefficient (Wildman–Crippen LogP) is 4.99. The van der Waals surface area contributed by atoms with E-state index in [2.05, 4.69) is 26.2 Å². The van der Waals surface area contributed by atoms with Gasteiger partial charge in [-0.05, 0) is 41.0 Å². The number of rotatable bonds is 6. The van der Waals surface area contributed by atoms with Crippen molar-refractivity contribution in [1.29, 1.82) is 0 Å². The number of carbonyl (C=O) groups is 1. The summed E-state index contributed by atoms with van der Waals surface area (Å²) in [6.45, 7) is -0.487. The molecule has 0 spiro atoms. The lowest BCUT2D eigenvalue weighted by atomic mass is 9.92. The van der Waals surface area contributed by atoms with Gasteiger partial charge in [-0.3, -0.25) is 9.48 Å². The van der Waals surface area contributed by atoms with E-state index in [0.29, 0.717) is 11.3 Å². The van der Waals surface area contributed by atoms with Gasteiger partial charge in [0.25, 0.3) is 5.92 Å². The number of nitrogens with zero attached hydrogens (tertiary/aromatic N) is 4. The maximum atomic E-state index is 15.2. The van der Waals surface area contributed by atoms with Crippen molar-refractivity contribution in [3.05, 3.63) is 76.9 Å². The molecular weight excluding hydrogens is 578 g/mol. The highest BCUT2D eigenvalue weighted by molar-refractivity contribution is 9.10. The van der Waals surface area contributed by atoms with E-state index in [-0.39, 0.29) is 36.7 Å². The number of fused-ring (bicyclic) bond motifs is 1. The molecule has 1 aliphatic heterocycles. The molecule has 7 nitrogen and oxygen atoms in total. The Balaban J connectivity index is 1.26. The van der Waals surface area contributed by atoms with Crippen LogP contribution in [0.3, 0.4) is 0 Å². The molecule has 1 amide bonds. The fourth-order valence-corrected chi connectivity index (χ4v) is 5.95. The van der Waals surface area contributed by atoms with Crippen LogP contribution in [-0.4, -0.2) is 59.5 Å². The van der Waals surface area contributed by atoms with Crippen LogP contribution in [0.1, 0.15) is 12.0 Å². The van der Waals surface area contributed by atoms with Gasteiger partial charge in [0.15, 0.2) is 9.84 Å². The van der Waals surface area contributed by atoms with Crippen LogP contribution >= 0.6 is 15.9 Å². The van der Waals surface area contributed by atoms with Crippen molar-refractivity contribution < 1.29 is 22.0 Å². The summed E-state index contributed by atoms with van der Waals surface area (Å²) in [5.41, 5.74) is 1.73. The van der Waals surface area contributed by atoms with Gasteiger partial charge in [0.1, 0.15) is 5.69 Å². The summed E-state index contributed by atoms with van der Waals surface area (Å²) in [5.74, 6) is -4.45. The standard InChI is InChI=1S/C27H25BrF2N4O3S/c1-38(36,37)21-6-4-5-19(13-21)25-16-34(32-31-25)15-20-11-12-33(17-27(20,29)30)26(35)14-18-9-10-24(28)23-8-3-2-7-22(18)23/h2-10,13,16,20H,11-12,14-15,17H2,1H3. The fourth-order valence-electron chi connectivity index (χ4n) is 4.81. The Morgan fingerprint density at radius 1 is 1.11 bits per heavy atom. The van der Waals surface area contributed by atoms with Crippen LogP contribution in [0.15, 0.2) is 76.2 Å². The summed E-state index contributed by atoms with van der Waals surface area (Å²) in [6.07, 6.45) is 2.82. The molecule has 198 valence electrons. The molecule has 4 aromatic rings. The molecule has 0 N–H and O–H groups in total. The largest absolute Gasteiger partial charge is 0.336 e. The number of alkyl halides is 2. The highest BCUT2D eigenvalue weighted by Gasteiger charge is 2.46. The van der Waals surface area contributed by atoms with Crippen molar-refractivity contribution in [1.82, 2.24) is 19.9 Å². The smallest absolute Gasteiger partial charge is 0.269 e. The molecule has 11 heteroatoms. The minimum Gasteiger partial charge on any atom is -0.336 e. The Hall–Kier alpha value is -3.18. The van der Waals surface area contributed by atoms with Crippen molar-refractivity contribution >= 4 is 42.4 Å². The second-order valence-electron chi connectivity index (χ2n) is 9.62. The number of hydrogen-bond donors (Lipinski definition) is 0. The number of likely N-dealkylation sites (tertiary alicyclic amines) is 1. The second-order valence-corrected chi connectivity index (χ2v) is 12.5. The summed E-state index contributed by atoms with van der Waals surface area (Å²) in [5, 5.41) is 9.93. The molecule has 0 radical (unpaired) electrons. The number of carbonyl (C=O) groups excluding carboxylic acids is 1. The maximum Gasteiger partial charge on any atom is 0.269 e. The molecule has 0 bridgehead atoms. The second kappa shape index (κ2) is 10.2. The molecule has 2 heterocycles. The van der Waals surface area contributed by atoms with Gasteiger partial charge in [-0.2, -0.15) is 0 Å². The first-order valence-corrected chi connectivity index (χ1v) is 14.7. The van der Waals surface area contributed by atoms with Gasteiger partial charge >= 0.3 is 0 Å². The Morgan fingerprint density at radius 2 is 1.87 bits per heavy atom. The summed E-state index contributed by atoms with van der Waals surface area (Å²) >= 11 is 3.52. The van der Waals surface area contributed by atoms with E-state index >= 15 is 8.78 Å². The van der Waals surface area contributed by atoms with Crippen LogP contribution in [0.5, 0.6) is 0 Å². The van der Waals surface area contributed by atoms with Gasteiger partial charge in [-0.1, -0.05) is 63.6 Å². The van der Waals surface area contributed by atoms with E-state index in [1.165, 1.54) is 27.9 Å². The van der Waals surface area contributed by atoms with Gasteiger partial charge in [-0.25, -0.2) is 17.2 Å². The molecule has 0 aliphatic carbocycles. The average Bonchev–Trinajstić information content (AvgIpc) is 3.35. The zero-order valence-corrected chi connectivity index (χ0v) is 22.9. The minimum absolute atomic E-state index is 0.0491. The average molecular weight is 603 g/mol. The Kier molecular flexibility index (Phi) is 7.08. The lowest BCUT2D eigenvalue weighted by Gasteiger charge is -2.38. The number of sulfone groups is 1. The Bertz CT molecular complexity index is 1620. The zero-order chi connectivity index (χ0) is 27.1. The first-order chi connectivity index (χ1) is 18.0. The molecule has 5 rings (SSSR count). The number of benzene rings is 3. The van der Waals surface area contributed by atoms with Gasteiger partial charge in [0, 0.05) is 28.8 Å². The number of amides is 1. The molecule has 1 fully saturated rings. The van der Waals surface area contributed by atoms with Crippen molar-refractivity contribution in [2.24, 2.45) is 5.92 Å². The molecule has 1 aliphatic rings. The highest BCUT2D eigenvalue weighted by Crippen LogP contribution is 2.35. The molecule has 3 aromatic carbocycles. The van der Waals surface area contributed by atoms with Gasteiger partial charge in [-0.15, -0.1) is 5.10 Å². The summed E-state index contributed by atoms with van der Waals surface area (Å²) < 4.78 is 56.4. The first-order valence-electron chi connectivity index (χ1n) is 12.0. The third-order valence-corrected chi connectivity index (χ3v) is 8.71. The van der Waals surface area contributed by atoms with E-state index in [9.17, 15) is 13.2 Å². The molecular formula is C27H25BrF2N4O3S. The van der Waals surface area contributed by atoms with E-state index in [1.807, 2.05) is 36.4 Å². The molecule has 1 atom stereocenters. The number of piperidine rings is 1. The SMILES string of the molecule is CS(=O)(=O)c1cccc(-c2cn(CC3CCN(C(=O)Cc4ccc(Br)c5ccccc45)CC3(F)F)nn2)c1. The van der Waals surface area contributed by atoms with Gasteiger partial charge < -0.3 is 4.90 Å². The van der Waals surface area contributed by atoms with Crippen molar-refractivity contribution in [3.63, 3.8) is 0 Å². The van der Waals surface area contributed by atoms with Gasteiger partial charge in [0.2, 0.25) is 5.91 Å². The number of aromatic nitrogens is 3. The van der Waals surface area contributed by atoms with E-state index < -0.39 is 28.2 Å². The highest BCUT2D eigenvalue weighted by atomic mass is 79.9. The normalized spacial score (nSPS) is 17.6. The van der Waals surface area contributed by atoms with Crippen LogP contribution in [-0.2, 0) is 27.6 Å². The maximum absolute atomic E-state index is 15.2. The lowest BCUT2D eigenvalue weighted by molar-refractivity contribution is -0.151. The Morgan fingerprint density at radius 3 is 2.61 bits per heavy atom. The van der Waals surface area contributed by atoms with Crippen LogP contribution in [0, 0.1) is 5.92 Å². The molecule has 1 unspecified atom stereocenters. The third kappa shape index (κ3) is 5.49. The summed E-state index contributed by atoms with van der Waals surface area (Å²) in [7, 11) is -3.40. The van der Waals surface area contributed by atoms with Crippen LogP contribution in [0.2, 0.25) is 0 Å². The summed E-state index contributed by atoms with van der Waals surface area (Å²) in [6, 6.07) is 17.7. The van der Waals surface area contributed by atoms with E-state index in [1.54, 1.807) is 12.1 Å². The van der Waals surface area contributed by atoms with Gasteiger partial charge in [0.05, 0.1) is 30.6 Å². The van der Waals surface area contributed by atoms with E-state index in [4.69, 9.17) is 0 Å². The predicted molar refractivity (Wildman–Crippen MR) is 144 cm³/mol.